The number of hydrogen-bond donors (Lipinski definition) is 1. The standard InChI is InChI=1S/C16H22BrNS/c1-2-18-16(13-6-4-3-5-7-13)12-19-15-10-8-14(17)9-11-15/h6,8-11,16,18H,2-5,7,12H2,1H3. The summed E-state index contributed by atoms with van der Waals surface area (Å²) in [6.45, 7) is 3.24. The molecular weight excluding hydrogens is 318 g/mol. The zero-order valence-electron chi connectivity index (χ0n) is 11.5. The molecule has 3 heteroatoms. The van der Waals surface area contributed by atoms with Crippen molar-refractivity contribution in [2.45, 2.75) is 43.5 Å². The van der Waals surface area contributed by atoms with Crippen LogP contribution in [0.1, 0.15) is 32.6 Å². The minimum Gasteiger partial charge on any atom is -0.310 e. The molecule has 0 saturated heterocycles. The van der Waals surface area contributed by atoms with Crippen molar-refractivity contribution in [3.05, 3.63) is 40.4 Å². The van der Waals surface area contributed by atoms with Crippen LogP contribution in [-0.4, -0.2) is 18.3 Å². The maximum Gasteiger partial charge on any atom is 0.0374 e. The minimum atomic E-state index is 0.541. The highest BCUT2D eigenvalue weighted by atomic mass is 79.9. The first-order valence-electron chi connectivity index (χ1n) is 7.10. The molecule has 0 heterocycles. The first-order valence-corrected chi connectivity index (χ1v) is 8.88. The first kappa shape index (κ1) is 15.1. The average Bonchev–Trinajstić information content (AvgIpc) is 2.46. The van der Waals surface area contributed by atoms with Crippen molar-refractivity contribution >= 4 is 27.7 Å². The number of benzene rings is 1. The fourth-order valence-electron chi connectivity index (χ4n) is 2.43. The van der Waals surface area contributed by atoms with Crippen LogP contribution in [0.2, 0.25) is 0 Å². The highest BCUT2D eigenvalue weighted by molar-refractivity contribution is 9.10. The van der Waals surface area contributed by atoms with E-state index in [1.807, 2.05) is 11.8 Å². The SMILES string of the molecule is CCNC(CSc1ccc(Br)cc1)C1=CCCCC1. The lowest BCUT2D eigenvalue weighted by molar-refractivity contribution is 0.580. The molecule has 0 aromatic heterocycles. The molecule has 1 nitrogen and oxygen atoms in total. The van der Waals surface area contributed by atoms with E-state index in [-0.39, 0.29) is 0 Å². The second-order valence-electron chi connectivity index (χ2n) is 4.90. The number of thioether (sulfide) groups is 1. The van der Waals surface area contributed by atoms with Gasteiger partial charge in [0, 0.05) is 21.2 Å². The van der Waals surface area contributed by atoms with Gasteiger partial charge in [0.25, 0.3) is 0 Å². The highest BCUT2D eigenvalue weighted by Crippen LogP contribution is 2.26. The largest absolute Gasteiger partial charge is 0.310 e. The molecule has 104 valence electrons. The summed E-state index contributed by atoms with van der Waals surface area (Å²) in [7, 11) is 0. The van der Waals surface area contributed by atoms with Crippen molar-refractivity contribution in [1.29, 1.82) is 0 Å². The molecule has 0 spiro atoms. The third kappa shape index (κ3) is 4.97. The van der Waals surface area contributed by atoms with E-state index < -0.39 is 0 Å². The van der Waals surface area contributed by atoms with E-state index in [9.17, 15) is 0 Å². The van der Waals surface area contributed by atoms with Crippen molar-refractivity contribution in [2.24, 2.45) is 0 Å². The molecule has 2 rings (SSSR count). The lowest BCUT2D eigenvalue weighted by Gasteiger charge is -2.23. The van der Waals surface area contributed by atoms with Crippen LogP contribution in [0.3, 0.4) is 0 Å². The van der Waals surface area contributed by atoms with Crippen LogP contribution in [-0.2, 0) is 0 Å². The third-order valence-corrected chi connectivity index (χ3v) is 5.09. The van der Waals surface area contributed by atoms with Crippen LogP contribution in [0.5, 0.6) is 0 Å². The van der Waals surface area contributed by atoms with Crippen LogP contribution >= 0.6 is 27.7 Å². The maximum absolute atomic E-state index is 3.64. The van der Waals surface area contributed by atoms with Gasteiger partial charge in [-0.15, -0.1) is 11.8 Å². The molecule has 0 fully saturated rings. The topological polar surface area (TPSA) is 12.0 Å². The first-order chi connectivity index (χ1) is 9.29. The van der Waals surface area contributed by atoms with E-state index in [0.29, 0.717) is 6.04 Å². The van der Waals surface area contributed by atoms with Crippen molar-refractivity contribution in [2.75, 3.05) is 12.3 Å². The lowest BCUT2D eigenvalue weighted by atomic mass is 9.95. The Morgan fingerprint density at radius 3 is 2.68 bits per heavy atom. The molecule has 1 aromatic carbocycles. The summed E-state index contributed by atoms with van der Waals surface area (Å²) < 4.78 is 1.15. The Morgan fingerprint density at radius 2 is 2.05 bits per heavy atom. The van der Waals surface area contributed by atoms with Gasteiger partial charge in [-0.05, 0) is 56.5 Å². The molecule has 1 N–H and O–H groups in total. The number of hydrogen-bond acceptors (Lipinski definition) is 2. The van der Waals surface area contributed by atoms with E-state index in [0.717, 1.165) is 16.8 Å². The molecule has 1 unspecified atom stereocenters. The van der Waals surface area contributed by atoms with Gasteiger partial charge >= 0.3 is 0 Å². The number of halogens is 1. The summed E-state index contributed by atoms with van der Waals surface area (Å²) in [5.41, 5.74) is 1.62. The van der Waals surface area contributed by atoms with Crippen LogP contribution in [0.4, 0.5) is 0 Å². The van der Waals surface area contributed by atoms with E-state index in [1.165, 1.54) is 30.6 Å². The lowest BCUT2D eigenvalue weighted by Crippen LogP contribution is -2.33. The second-order valence-corrected chi connectivity index (χ2v) is 6.91. The van der Waals surface area contributed by atoms with E-state index in [4.69, 9.17) is 0 Å². The Bertz CT molecular complexity index is 413. The molecule has 0 aliphatic heterocycles. The minimum absolute atomic E-state index is 0.541. The van der Waals surface area contributed by atoms with Gasteiger partial charge in [-0.3, -0.25) is 0 Å². The zero-order valence-corrected chi connectivity index (χ0v) is 13.9. The monoisotopic (exact) mass is 339 g/mol. The second kappa shape index (κ2) is 8.13. The van der Waals surface area contributed by atoms with E-state index in [2.05, 4.69) is 58.5 Å². The van der Waals surface area contributed by atoms with Crippen LogP contribution in [0.25, 0.3) is 0 Å². The summed E-state index contributed by atoms with van der Waals surface area (Å²) in [5.74, 6) is 1.13. The van der Waals surface area contributed by atoms with Gasteiger partial charge in [0.1, 0.15) is 0 Å². The van der Waals surface area contributed by atoms with Crippen LogP contribution in [0, 0.1) is 0 Å². The number of likely N-dealkylation sites (N-methyl/N-ethyl adjacent to an activating group) is 1. The van der Waals surface area contributed by atoms with Gasteiger partial charge in [0.2, 0.25) is 0 Å². The van der Waals surface area contributed by atoms with E-state index >= 15 is 0 Å². The highest BCUT2D eigenvalue weighted by Gasteiger charge is 2.15. The molecule has 1 atom stereocenters. The summed E-state index contributed by atoms with van der Waals surface area (Å²) in [6, 6.07) is 9.15. The van der Waals surface area contributed by atoms with Crippen molar-refractivity contribution in [3.8, 4) is 0 Å². The average molecular weight is 340 g/mol. The van der Waals surface area contributed by atoms with Crippen molar-refractivity contribution in [3.63, 3.8) is 0 Å². The molecule has 19 heavy (non-hydrogen) atoms. The number of rotatable bonds is 6. The molecule has 0 amide bonds. The predicted octanol–water partition coefficient (Wildman–Crippen LogP) is 5.02. The summed E-state index contributed by atoms with van der Waals surface area (Å²) in [5, 5.41) is 3.64. The zero-order chi connectivity index (χ0) is 13.5. The van der Waals surface area contributed by atoms with Gasteiger partial charge in [-0.25, -0.2) is 0 Å². The van der Waals surface area contributed by atoms with Crippen LogP contribution < -0.4 is 5.32 Å². The fourth-order valence-corrected chi connectivity index (χ4v) is 3.72. The molecular formula is C16H22BrNS. The number of nitrogens with one attached hydrogen (secondary N) is 1. The van der Waals surface area contributed by atoms with Gasteiger partial charge in [-0.1, -0.05) is 34.5 Å². The third-order valence-electron chi connectivity index (χ3n) is 3.45. The van der Waals surface area contributed by atoms with Crippen molar-refractivity contribution < 1.29 is 0 Å². The molecule has 1 aliphatic carbocycles. The Hall–Kier alpha value is -0.250. The molecule has 1 aromatic rings. The van der Waals surface area contributed by atoms with Crippen molar-refractivity contribution in [1.82, 2.24) is 5.32 Å². The Balaban J connectivity index is 1.92. The quantitative estimate of drug-likeness (QED) is 0.576. The molecule has 1 aliphatic rings. The Morgan fingerprint density at radius 1 is 1.26 bits per heavy atom. The number of allylic oxidation sites excluding steroid dienone is 1. The van der Waals surface area contributed by atoms with Gasteiger partial charge < -0.3 is 5.32 Å². The smallest absolute Gasteiger partial charge is 0.0374 e. The molecule has 0 saturated carbocycles. The molecule has 0 bridgehead atoms. The predicted molar refractivity (Wildman–Crippen MR) is 88.9 cm³/mol. The summed E-state index contributed by atoms with van der Waals surface area (Å²) in [6.07, 6.45) is 7.72. The Labute approximate surface area is 129 Å². The molecule has 0 radical (unpaired) electrons. The summed E-state index contributed by atoms with van der Waals surface area (Å²) in [4.78, 5) is 1.35. The Kier molecular flexibility index (Phi) is 6.48. The van der Waals surface area contributed by atoms with E-state index in [1.54, 1.807) is 5.57 Å². The fraction of sp³-hybridized carbons (Fsp3) is 0.500. The maximum atomic E-state index is 3.64. The van der Waals surface area contributed by atoms with Gasteiger partial charge in [0.05, 0.1) is 0 Å². The van der Waals surface area contributed by atoms with Gasteiger partial charge in [0.15, 0.2) is 0 Å². The van der Waals surface area contributed by atoms with Crippen LogP contribution in [0.15, 0.2) is 45.3 Å². The summed E-state index contributed by atoms with van der Waals surface area (Å²) >= 11 is 5.43. The van der Waals surface area contributed by atoms with Gasteiger partial charge in [-0.2, -0.15) is 0 Å². The normalized spacial score (nSPS) is 17.1.